The van der Waals surface area contributed by atoms with Gasteiger partial charge in [0.1, 0.15) is 0 Å². The molecule has 0 atom stereocenters. The summed E-state index contributed by atoms with van der Waals surface area (Å²) in [6, 6.07) is 8.15. The number of amides is 1. The summed E-state index contributed by atoms with van der Waals surface area (Å²) in [5.74, 6) is 0.982. The van der Waals surface area contributed by atoms with E-state index < -0.39 is 0 Å². The van der Waals surface area contributed by atoms with Crippen LogP contribution in [0.1, 0.15) is 31.7 Å². The van der Waals surface area contributed by atoms with E-state index >= 15 is 0 Å². The minimum absolute atomic E-state index is 0. The van der Waals surface area contributed by atoms with E-state index in [0.717, 1.165) is 49.7 Å². The third-order valence-electron chi connectivity index (χ3n) is 4.00. The normalized spacial score (nSPS) is 14.9. The summed E-state index contributed by atoms with van der Waals surface area (Å²) in [5.41, 5.74) is 2.14. The molecule has 0 aromatic heterocycles. The first-order valence-corrected chi connectivity index (χ1v) is 8.66. The molecule has 1 amide bonds. The average molecular weight is 460 g/mol. The number of benzene rings is 1. The molecule has 1 aliphatic heterocycles. The maximum Gasteiger partial charge on any atom is 0.226 e. The number of guanidine groups is 1. The van der Waals surface area contributed by atoms with Crippen molar-refractivity contribution in [2.45, 2.75) is 32.7 Å². The molecule has 0 saturated carbocycles. The lowest BCUT2D eigenvalue weighted by Crippen LogP contribution is -2.38. The van der Waals surface area contributed by atoms with Crippen molar-refractivity contribution >= 4 is 41.5 Å². The van der Waals surface area contributed by atoms with Crippen molar-refractivity contribution in [3.05, 3.63) is 29.8 Å². The van der Waals surface area contributed by atoms with Gasteiger partial charge in [-0.2, -0.15) is 0 Å². The number of halogens is 1. The molecule has 0 bridgehead atoms. The molecule has 6 nitrogen and oxygen atoms in total. The number of ether oxygens (including phenoxy) is 1. The van der Waals surface area contributed by atoms with Crippen LogP contribution in [0.15, 0.2) is 29.3 Å². The van der Waals surface area contributed by atoms with Gasteiger partial charge < -0.3 is 20.3 Å². The van der Waals surface area contributed by atoms with Crippen LogP contribution >= 0.6 is 24.0 Å². The molecular formula is C18H29IN4O2. The second-order valence-electron chi connectivity index (χ2n) is 5.72. The lowest BCUT2D eigenvalue weighted by Gasteiger charge is -2.26. The molecule has 7 heteroatoms. The molecule has 1 fully saturated rings. The summed E-state index contributed by atoms with van der Waals surface area (Å²) in [7, 11) is 1.75. The minimum Gasteiger partial charge on any atom is -0.380 e. The van der Waals surface area contributed by atoms with Crippen molar-refractivity contribution in [2.24, 2.45) is 4.99 Å². The van der Waals surface area contributed by atoms with E-state index in [1.807, 2.05) is 24.0 Å². The van der Waals surface area contributed by atoms with Gasteiger partial charge in [0, 0.05) is 45.4 Å². The van der Waals surface area contributed by atoms with Crippen molar-refractivity contribution in [1.82, 2.24) is 10.6 Å². The van der Waals surface area contributed by atoms with Gasteiger partial charge in [0.15, 0.2) is 5.96 Å². The summed E-state index contributed by atoms with van der Waals surface area (Å²) in [6.07, 6.45) is 2.75. The lowest BCUT2D eigenvalue weighted by atomic mass is 10.1. The zero-order valence-electron chi connectivity index (χ0n) is 15.1. The summed E-state index contributed by atoms with van der Waals surface area (Å²) >= 11 is 0. The van der Waals surface area contributed by atoms with Gasteiger partial charge in [-0.3, -0.25) is 9.79 Å². The van der Waals surface area contributed by atoms with Gasteiger partial charge in [-0.05, 0) is 37.5 Å². The predicted molar refractivity (Wildman–Crippen MR) is 113 cm³/mol. The van der Waals surface area contributed by atoms with Crippen LogP contribution in [0.25, 0.3) is 0 Å². The van der Waals surface area contributed by atoms with Crippen LogP contribution < -0.4 is 15.5 Å². The van der Waals surface area contributed by atoms with Crippen molar-refractivity contribution in [3.63, 3.8) is 0 Å². The Bertz CT molecular complexity index is 549. The number of anilines is 1. The smallest absolute Gasteiger partial charge is 0.226 e. The molecule has 2 N–H and O–H groups in total. The van der Waals surface area contributed by atoms with Gasteiger partial charge in [-0.15, -0.1) is 24.0 Å². The van der Waals surface area contributed by atoms with Gasteiger partial charge >= 0.3 is 0 Å². The third-order valence-corrected chi connectivity index (χ3v) is 4.00. The minimum atomic E-state index is 0. The van der Waals surface area contributed by atoms with E-state index in [0.29, 0.717) is 19.6 Å². The first kappa shape index (κ1) is 21.7. The molecule has 140 valence electrons. The van der Waals surface area contributed by atoms with Gasteiger partial charge in [0.2, 0.25) is 5.91 Å². The van der Waals surface area contributed by atoms with E-state index in [9.17, 15) is 4.79 Å². The number of piperidine rings is 1. The monoisotopic (exact) mass is 460 g/mol. The van der Waals surface area contributed by atoms with Crippen LogP contribution in [0.5, 0.6) is 0 Å². The van der Waals surface area contributed by atoms with Gasteiger partial charge in [-0.1, -0.05) is 12.1 Å². The quantitative estimate of drug-likeness (QED) is 0.284. The fourth-order valence-corrected chi connectivity index (χ4v) is 2.66. The van der Waals surface area contributed by atoms with Gasteiger partial charge in [-0.25, -0.2) is 0 Å². The molecule has 0 spiro atoms. The Morgan fingerprint density at radius 1 is 1.24 bits per heavy atom. The first-order valence-electron chi connectivity index (χ1n) is 8.66. The van der Waals surface area contributed by atoms with E-state index in [1.54, 1.807) is 7.05 Å². The van der Waals surface area contributed by atoms with Crippen LogP contribution in [0.4, 0.5) is 5.69 Å². The molecule has 1 aromatic carbocycles. The molecule has 0 aliphatic carbocycles. The highest BCUT2D eigenvalue weighted by atomic mass is 127. The topological polar surface area (TPSA) is 66.0 Å². The largest absolute Gasteiger partial charge is 0.380 e. The third kappa shape index (κ3) is 7.19. The maximum atomic E-state index is 12.0. The van der Waals surface area contributed by atoms with Gasteiger partial charge in [0.25, 0.3) is 0 Å². The summed E-state index contributed by atoms with van der Waals surface area (Å²) in [4.78, 5) is 18.0. The Morgan fingerprint density at radius 2 is 2.00 bits per heavy atom. The Hall–Kier alpha value is -1.35. The second-order valence-corrected chi connectivity index (χ2v) is 5.72. The van der Waals surface area contributed by atoms with E-state index in [-0.39, 0.29) is 29.9 Å². The lowest BCUT2D eigenvalue weighted by molar-refractivity contribution is -0.119. The Kier molecular flexibility index (Phi) is 10.5. The molecule has 1 aliphatic rings. The number of carbonyl (C=O) groups is 1. The number of hydrogen-bond donors (Lipinski definition) is 2. The van der Waals surface area contributed by atoms with E-state index in [2.05, 4.69) is 27.8 Å². The van der Waals surface area contributed by atoms with Crippen LogP contribution in [-0.4, -0.2) is 45.2 Å². The molecule has 1 aromatic rings. The average Bonchev–Trinajstić information content (AvgIpc) is 2.62. The molecule has 1 heterocycles. The first-order chi connectivity index (χ1) is 11.7. The maximum absolute atomic E-state index is 12.0. The van der Waals surface area contributed by atoms with Crippen molar-refractivity contribution in [1.29, 1.82) is 0 Å². The molecule has 1 saturated heterocycles. The Balaban J connectivity index is 0.00000312. The zero-order chi connectivity index (χ0) is 17.2. The van der Waals surface area contributed by atoms with Crippen LogP contribution in [0, 0.1) is 0 Å². The molecule has 0 radical (unpaired) electrons. The fraction of sp³-hybridized carbons (Fsp3) is 0.556. The molecule has 25 heavy (non-hydrogen) atoms. The van der Waals surface area contributed by atoms with Crippen molar-refractivity contribution in [3.8, 4) is 0 Å². The number of hydrogen-bond acceptors (Lipinski definition) is 3. The number of carbonyl (C=O) groups excluding carboxylic acids is 1. The van der Waals surface area contributed by atoms with Crippen LogP contribution in [-0.2, 0) is 16.1 Å². The van der Waals surface area contributed by atoms with Crippen LogP contribution in [0.2, 0.25) is 0 Å². The molecule has 2 rings (SSSR count). The van der Waals surface area contributed by atoms with Crippen molar-refractivity contribution < 1.29 is 9.53 Å². The van der Waals surface area contributed by atoms with Crippen molar-refractivity contribution in [2.75, 3.05) is 38.3 Å². The van der Waals surface area contributed by atoms with Crippen LogP contribution in [0.3, 0.4) is 0 Å². The summed E-state index contributed by atoms with van der Waals surface area (Å²) in [6.45, 7) is 5.60. The predicted octanol–water partition coefficient (Wildman–Crippen LogP) is 2.52. The van der Waals surface area contributed by atoms with E-state index in [4.69, 9.17) is 4.74 Å². The highest BCUT2D eigenvalue weighted by Crippen LogP contribution is 2.21. The number of nitrogens with zero attached hydrogens (tertiary/aromatic N) is 2. The number of aliphatic imine (C=N–C) groups is 1. The standard InChI is InChI=1S/C18H28N4O2.HI/c1-3-24-13-11-20-18(19-2)21-14-15-7-9-16(10-8-15)22-12-5-4-6-17(22)23;/h7-10H,3-6,11-14H2,1-2H3,(H2,19,20,21);1H. The summed E-state index contributed by atoms with van der Waals surface area (Å²) in [5, 5.41) is 6.48. The van der Waals surface area contributed by atoms with E-state index in [1.165, 1.54) is 0 Å². The SMILES string of the molecule is CCOCCNC(=NC)NCc1ccc(N2CCCCC2=O)cc1.I. The highest BCUT2D eigenvalue weighted by molar-refractivity contribution is 14.0. The summed E-state index contributed by atoms with van der Waals surface area (Å²) < 4.78 is 5.29. The Morgan fingerprint density at radius 3 is 2.64 bits per heavy atom. The van der Waals surface area contributed by atoms with Gasteiger partial charge in [0.05, 0.1) is 6.61 Å². The zero-order valence-corrected chi connectivity index (χ0v) is 17.4. The Labute approximate surface area is 167 Å². The number of nitrogens with one attached hydrogen (secondary N) is 2. The molecule has 0 unspecified atom stereocenters. The fourth-order valence-electron chi connectivity index (χ4n) is 2.66. The second kappa shape index (κ2) is 12.1. The number of rotatable bonds is 7. The highest BCUT2D eigenvalue weighted by Gasteiger charge is 2.19. The molecular weight excluding hydrogens is 431 g/mol.